The van der Waals surface area contributed by atoms with Crippen molar-refractivity contribution in [2.75, 3.05) is 6.54 Å². The molecule has 0 spiro atoms. The number of carbonyl (C=O) groups excluding carboxylic acids is 2. The molecule has 0 aliphatic carbocycles. The Hall–Kier alpha value is -2.08. The van der Waals surface area contributed by atoms with Crippen LogP contribution in [0.25, 0.3) is 0 Å². The molecule has 2 aromatic rings. The summed E-state index contributed by atoms with van der Waals surface area (Å²) in [6.45, 7) is 2.51. The van der Waals surface area contributed by atoms with Crippen molar-refractivity contribution >= 4 is 27.7 Å². The lowest BCUT2D eigenvalue weighted by atomic mass is 10.1. The molecule has 0 bridgehead atoms. The van der Waals surface area contributed by atoms with Crippen LogP contribution in [0.3, 0.4) is 0 Å². The predicted molar refractivity (Wildman–Crippen MR) is 93.5 cm³/mol. The minimum absolute atomic E-state index is 0.119. The topological polar surface area (TPSA) is 62.6 Å². The maximum Gasteiger partial charge on any atom is 0.290 e. The fraction of sp³-hybridized carbons (Fsp3) is 0.333. The number of halogens is 1. The van der Waals surface area contributed by atoms with E-state index in [1.807, 2.05) is 31.2 Å². The van der Waals surface area contributed by atoms with Gasteiger partial charge in [-0.05, 0) is 49.6 Å². The first kappa shape index (κ1) is 16.8. The summed E-state index contributed by atoms with van der Waals surface area (Å²) in [7, 11) is 0. The van der Waals surface area contributed by atoms with Crippen molar-refractivity contribution in [3.63, 3.8) is 0 Å². The minimum atomic E-state index is -0.444. The Kier molecular flexibility index (Phi) is 5.04. The van der Waals surface area contributed by atoms with Crippen LogP contribution in [0.4, 0.5) is 0 Å². The Morgan fingerprint density at radius 2 is 2.04 bits per heavy atom. The summed E-state index contributed by atoms with van der Waals surface area (Å²) in [4.78, 5) is 26.7. The molecule has 5 nitrogen and oxygen atoms in total. The Bertz CT molecular complexity index is 712. The Morgan fingerprint density at radius 3 is 2.71 bits per heavy atom. The standard InChI is InChI=1S/C18H19BrN2O3/c1-12(13-6-8-14(19)9-7-13)20-17(22)15-4-2-10-21(15)18(23)16-5-3-11-24-16/h3,5-9,11-12,15H,2,4,10H2,1H3,(H,20,22). The monoisotopic (exact) mass is 390 g/mol. The maximum atomic E-state index is 12.6. The molecule has 1 N–H and O–H groups in total. The third-order valence-corrected chi connectivity index (χ3v) is 4.81. The summed E-state index contributed by atoms with van der Waals surface area (Å²) >= 11 is 3.40. The predicted octanol–water partition coefficient (Wildman–Crippen LogP) is 3.52. The second-order valence-corrected chi connectivity index (χ2v) is 6.83. The first-order valence-corrected chi connectivity index (χ1v) is 8.76. The van der Waals surface area contributed by atoms with Gasteiger partial charge in [0, 0.05) is 11.0 Å². The summed E-state index contributed by atoms with van der Waals surface area (Å²) in [6.07, 6.45) is 2.95. The minimum Gasteiger partial charge on any atom is -0.459 e. The van der Waals surface area contributed by atoms with E-state index < -0.39 is 6.04 Å². The smallest absolute Gasteiger partial charge is 0.290 e. The molecule has 2 atom stereocenters. The summed E-state index contributed by atoms with van der Waals surface area (Å²) in [5.41, 5.74) is 1.02. The highest BCUT2D eigenvalue weighted by molar-refractivity contribution is 9.10. The van der Waals surface area contributed by atoms with Gasteiger partial charge in [-0.15, -0.1) is 0 Å². The van der Waals surface area contributed by atoms with Crippen LogP contribution in [0, 0.1) is 0 Å². The van der Waals surface area contributed by atoms with E-state index in [1.165, 1.54) is 6.26 Å². The van der Waals surface area contributed by atoms with E-state index in [1.54, 1.807) is 17.0 Å². The lowest BCUT2D eigenvalue weighted by molar-refractivity contribution is -0.125. The molecular weight excluding hydrogens is 372 g/mol. The molecule has 24 heavy (non-hydrogen) atoms. The average Bonchev–Trinajstić information content (AvgIpc) is 3.26. The molecule has 6 heteroatoms. The molecule has 2 unspecified atom stereocenters. The molecule has 1 fully saturated rings. The highest BCUT2D eigenvalue weighted by atomic mass is 79.9. The van der Waals surface area contributed by atoms with Crippen LogP contribution in [-0.4, -0.2) is 29.3 Å². The molecule has 2 heterocycles. The van der Waals surface area contributed by atoms with E-state index in [4.69, 9.17) is 4.42 Å². The van der Waals surface area contributed by atoms with E-state index >= 15 is 0 Å². The van der Waals surface area contributed by atoms with Crippen molar-refractivity contribution in [2.45, 2.75) is 31.8 Å². The van der Waals surface area contributed by atoms with Crippen LogP contribution >= 0.6 is 15.9 Å². The molecule has 1 saturated heterocycles. The van der Waals surface area contributed by atoms with Gasteiger partial charge in [0.05, 0.1) is 12.3 Å². The lowest BCUT2D eigenvalue weighted by Crippen LogP contribution is -2.46. The van der Waals surface area contributed by atoms with E-state index in [-0.39, 0.29) is 23.6 Å². The third-order valence-electron chi connectivity index (χ3n) is 4.28. The van der Waals surface area contributed by atoms with Gasteiger partial charge in [-0.1, -0.05) is 28.1 Å². The van der Waals surface area contributed by atoms with E-state index in [0.29, 0.717) is 13.0 Å². The van der Waals surface area contributed by atoms with Crippen LogP contribution in [0.15, 0.2) is 51.6 Å². The Morgan fingerprint density at radius 1 is 1.29 bits per heavy atom. The zero-order chi connectivity index (χ0) is 17.1. The molecule has 1 aliphatic heterocycles. The number of rotatable bonds is 4. The Balaban J connectivity index is 1.67. The zero-order valence-corrected chi connectivity index (χ0v) is 15.0. The highest BCUT2D eigenvalue weighted by Gasteiger charge is 2.35. The van der Waals surface area contributed by atoms with Crippen LogP contribution < -0.4 is 5.32 Å². The first-order valence-electron chi connectivity index (χ1n) is 7.96. The fourth-order valence-corrected chi connectivity index (χ4v) is 3.23. The van der Waals surface area contributed by atoms with Gasteiger partial charge in [0.25, 0.3) is 5.91 Å². The second kappa shape index (κ2) is 7.21. The largest absolute Gasteiger partial charge is 0.459 e. The molecule has 3 rings (SSSR count). The number of nitrogens with one attached hydrogen (secondary N) is 1. The van der Waals surface area contributed by atoms with Crippen molar-refractivity contribution in [3.05, 3.63) is 58.5 Å². The lowest BCUT2D eigenvalue weighted by Gasteiger charge is -2.25. The number of nitrogens with zero attached hydrogens (tertiary/aromatic N) is 1. The van der Waals surface area contributed by atoms with Crippen LogP contribution in [0.5, 0.6) is 0 Å². The van der Waals surface area contributed by atoms with Crippen molar-refractivity contribution in [1.29, 1.82) is 0 Å². The van der Waals surface area contributed by atoms with Gasteiger partial charge >= 0.3 is 0 Å². The van der Waals surface area contributed by atoms with Crippen LogP contribution in [-0.2, 0) is 4.79 Å². The first-order chi connectivity index (χ1) is 11.6. The van der Waals surface area contributed by atoms with Gasteiger partial charge in [0.15, 0.2) is 5.76 Å². The fourth-order valence-electron chi connectivity index (χ4n) is 2.97. The molecule has 0 radical (unpaired) electrons. The van der Waals surface area contributed by atoms with E-state index in [2.05, 4.69) is 21.2 Å². The number of carbonyl (C=O) groups is 2. The number of benzene rings is 1. The van der Waals surface area contributed by atoms with Crippen molar-refractivity contribution in [3.8, 4) is 0 Å². The molecule has 126 valence electrons. The second-order valence-electron chi connectivity index (χ2n) is 5.92. The van der Waals surface area contributed by atoms with Gasteiger partial charge in [0.1, 0.15) is 6.04 Å². The number of hydrogen-bond acceptors (Lipinski definition) is 3. The molecule has 0 saturated carbocycles. The van der Waals surface area contributed by atoms with Gasteiger partial charge in [-0.2, -0.15) is 0 Å². The average molecular weight is 391 g/mol. The normalized spacial score (nSPS) is 18.4. The van der Waals surface area contributed by atoms with E-state index in [0.717, 1.165) is 16.5 Å². The van der Waals surface area contributed by atoms with Crippen LogP contribution in [0.2, 0.25) is 0 Å². The van der Waals surface area contributed by atoms with Crippen LogP contribution in [0.1, 0.15) is 41.9 Å². The molecular formula is C18H19BrN2O3. The van der Waals surface area contributed by atoms with E-state index in [9.17, 15) is 9.59 Å². The summed E-state index contributed by atoms with van der Waals surface area (Å²) < 4.78 is 6.17. The SMILES string of the molecule is CC(NC(=O)C1CCCN1C(=O)c1ccco1)c1ccc(Br)cc1. The summed E-state index contributed by atoms with van der Waals surface area (Å²) in [6, 6.07) is 10.6. The quantitative estimate of drug-likeness (QED) is 0.868. The van der Waals surface area contributed by atoms with Crippen molar-refractivity contribution in [1.82, 2.24) is 10.2 Å². The third kappa shape index (κ3) is 3.53. The summed E-state index contributed by atoms with van der Waals surface area (Å²) in [5, 5.41) is 3.01. The van der Waals surface area contributed by atoms with Gasteiger partial charge in [-0.3, -0.25) is 9.59 Å². The van der Waals surface area contributed by atoms with Gasteiger partial charge in [0.2, 0.25) is 5.91 Å². The summed E-state index contributed by atoms with van der Waals surface area (Å²) in [5.74, 6) is -0.0765. The van der Waals surface area contributed by atoms with Crippen molar-refractivity contribution in [2.24, 2.45) is 0 Å². The molecule has 1 aromatic heterocycles. The van der Waals surface area contributed by atoms with Crippen molar-refractivity contribution < 1.29 is 14.0 Å². The number of amides is 2. The van der Waals surface area contributed by atoms with Gasteiger partial charge < -0.3 is 14.6 Å². The number of likely N-dealkylation sites (tertiary alicyclic amines) is 1. The van der Waals surface area contributed by atoms with Gasteiger partial charge in [-0.25, -0.2) is 0 Å². The molecule has 1 aromatic carbocycles. The zero-order valence-electron chi connectivity index (χ0n) is 13.4. The molecule has 2 amide bonds. The highest BCUT2D eigenvalue weighted by Crippen LogP contribution is 2.22. The number of hydrogen-bond donors (Lipinski definition) is 1. The Labute approximate surface area is 149 Å². The number of furan rings is 1. The molecule has 1 aliphatic rings. The maximum absolute atomic E-state index is 12.6.